The maximum Gasteiger partial charge on any atom is 0.343 e. The first-order valence-corrected chi connectivity index (χ1v) is 11.0. The molecule has 2 amide bonds. The van der Waals surface area contributed by atoms with Crippen LogP contribution in [0.1, 0.15) is 23.6 Å². The van der Waals surface area contributed by atoms with Crippen LogP contribution >= 0.6 is 0 Å². The zero-order valence-corrected chi connectivity index (χ0v) is 17.2. The summed E-state index contributed by atoms with van der Waals surface area (Å²) in [6.07, 6.45) is 0.837. The van der Waals surface area contributed by atoms with Gasteiger partial charge in [0.2, 0.25) is 0 Å². The molecule has 148 valence electrons. The third-order valence-corrected chi connectivity index (χ3v) is 7.00. The summed E-state index contributed by atoms with van der Waals surface area (Å²) in [5.74, 6) is 0. The van der Waals surface area contributed by atoms with Crippen LogP contribution in [0, 0.1) is 6.92 Å². The average molecular weight is 407 g/mol. The van der Waals surface area contributed by atoms with E-state index in [9.17, 15) is 13.2 Å². The number of hydrogen-bond donors (Lipinski definition) is 0. The summed E-state index contributed by atoms with van der Waals surface area (Å²) in [4.78, 5) is 15.1. The summed E-state index contributed by atoms with van der Waals surface area (Å²) in [6, 6.07) is 21.0. The van der Waals surface area contributed by atoms with Gasteiger partial charge in [0, 0.05) is 0 Å². The van der Waals surface area contributed by atoms with Crippen LogP contribution in [-0.2, 0) is 23.0 Å². The van der Waals surface area contributed by atoms with Gasteiger partial charge in [-0.1, -0.05) is 55.5 Å². The van der Waals surface area contributed by atoms with E-state index in [4.69, 9.17) is 0 Å². The summed E-state index contributed by atoms with van der Waals surface area (Å²) < 4.78 is 27.5. The summed E-state index contributed by atoms with van der Waals surface area (Å²) in [5.41, 5.74) is 3.84. The van der Waals surface area contributed by atoms with Crippen LogP contribution in [0.15, 0.2) is 77.7 Å². The van der Waals surface area contributed by atoms with E-state index in [2.05, 4.69) is 0 Å². The Hall–Kier alpha value is -3.12. The minimum Gasteiger partial charge on any atom is -0.287 e. The number of urea groups is 1. The Balaban J connectivity index is 1.85. The van der Waals surface area contributed by atoms with E-state index >= 15 is 0 Å². The lowest BCUT2D eigenvalue weighted by Crippen LogP contribution is -2.50. The zero-order chi connectivity index (χ0) is 20.6. The minimum atomic E-state index is -4.00. The summed E-state index contributed by atoms with van der Waals surface area (Å²) in [5, 5.41) is 0. The van der Waals surface area contributed by atoms with E-state index in [0.717, 1.165) is 27.4 Å². The van der Waals surface area contributed by atoms with Crippen molar-refractivity contribution in [1.82, 2.24) is 0 Å². The molecule has 0 atom stereocenters. The number of aryl methyl sites for hydroxylation is 2. The number of anilines is 2. The van der Waals surface area contributed by atoms with Crippen molar-refractivity contribution in [2.24, 2.45) is 0 Å². The van der Waals surface area contributed by atoms with Crippen LogP contribution in [0.3, 0.4) is 0 Å². The molecule has 3 aromatic carbocycles. The average Bonchev–Trinajstić information content (AvgIpc) is 2.73. The maximum atomic E-state index is 13.4. The lowest BCUT2D eigenvalue weighted by atomic mass is 10.1. The molecular formula is C23H22N2O3S. The monoisotopic (exact) mass is 406 g/mol. The van der Waals surface area contributed by atoms with Gasteiger partial charge in [0.15, 0.2) is 0 Å². The standard InChI is InChI=1S/C23H22N2O3S/c1-3-18-12-14-20(15-13-18)25-23(26)24(16-19-9-5-4-8-17(19)2)21-10-6-7-11-22(21)29(25,27)28/h4-15H,3,16H2,1-2H3. The second-order valence-corrected chi connectivity index (χ2v) is 8.81. The molecule has 3 aromatic rings. The van der Waals surface area contributed by atoms with Gasteiger partial charge in [0.25, 0.3) is 10.0 Å². The fourth-order valence-electron chi connectivity index (χ4n) is 3.54. The minimum absolute atomic E-state index is 0.132. The van der Waals surface area contributed by atoms with Crippen molar-refractivity contribution in [3.8, 4) is 0 Å². The van der Waals surface area contributed by atoms with Crippen molar-refractivity contribution >= 4 is 27.4 Å². The quantitative estimate of drug-likeness (QED) is 0.620. The maximum absolute atomic E-state index is 13.4. The summed E-state index contributed by atoms with van der Waals surface area (Å²) in [7, 11) is -4.00. The number of carbonyl (C=O) groups is 1. The van der Waals surface area contributed by atoms with Gasteiger partial charge in [0.1, 0.15) is 4.90 Å². The van der Waals surface area contributed by atoms with Crippen molar-refractivity contribution in [3.63, 3.8) is 0 Å². The molecule has 0 unspecified atom stereocenters. The highest BCUT2D eigenvalue weighted by Crippen LogP contribution is 2.38. The van der Waals surface area contributed by atoms with Gasteiger partial charge in [-0.3, -0.25) is 4.90 Å². The van der Waals surface area contributed by atoms with Crippen LogP contribution < -0.4 is 9.21 Å². The number of para-hydroxylation sites is 1. The number of carbonyl (C=O) groups excluding carboxylic acids is 1. The van der Waals surface area contributed by atoms with Crippen molar-refractivity contribution < 1.29 is 13.2 Å². The van der Waals surface area contributed by atoms with Gasteiger partial charge in [-0.05, 0) is 54.3 Å². The first kappa shape index (κ1) is 19.2. The Kier molecular flexibility index (Phi) is 4.88. The molecule has 6 heteroatoms. The lowest BCUT2D eigenvalue weighted by molar-refractivity contribution is 0.253. The molecule has 1 heterocycles. The molecule has 0 saturated heterocycles. The molecule has 0 radical (unpaired) electrons. The van der Waals surface area contributed by atoms with Gasteiger partial charge in [-0.25, -0.2) is 13.2 Å². The van der Waals surface area contributed by atoms with E-state index in [1.807, 2.05) is 50.2 Å². The predicted molar refractivity (Wildman–Crippen MR) is 115 cm³/mol. The number of rotatable bonds is 4. The van der Waals surface area contributed by atoms with Gasteiger partial charge < -0.3 is 0 Å². The highest BCUT2D eigenvalue weighted by atomic mass is 32.2. The van der Waals surface area contributed by atoms with Crippen molar-refractivity contribution in [2.75, 3.05) is 9.21 Å². The van der Waals surface area contributed by atoms with Gasteiger partial charge in [-0.2, -0.15) is 4.31 Å². The lowest BCUT2D eigenvalue weighted by Gasteiger charge is -2.36. The van der Waals surface area contributed by atoms with Crippen molar-refractivity contribution in [1.29, 1.82) is 0 Å². The van der Waals surface area contributed by atoms with E-state index in [1.165, 1.54) is 4.90 Å². The molecule has 0 fully saturated rings. The second kappa shape index (κ2) is 7.37. The van der Waals surface area contributed by atoms with Gasteiger partial charge >= 0.3 is 6.03 Å². The third-order valence-electron chi connectivity index (χ3n) is 5.25. The smallest absolute Gasteiger partial charge is 0.287 e. The first-order valence-electron chi connectivity index (χ1n) is 9.53. The molecule has 0 saturated carbocycles. The van der Waals surface area contributed by atoms with Crippen LogP contribution in [-0.4, -0.2) is 14.4 Å². The Bertz CT molecular complexity index is 1170. The molecule has 0 aromatic heterocycles. The van der Waals surface area contributed by atoms with Crippen LogP contribution in [0.25, 0.3) is 0 Å². The Morgan fingerprint density at radius 2 is 1.52 bits per heavy atom. The number of fused-ring (bicyclic) bond motifs is 1. The number of benzene rings is 3. The van der Waals surface area contributed by atoms with Crippen molar-refractivity contribution in [3.05, 3.63) is 89.5 Å². The van der Waals surface area contributed by atoms with Crippen molar-refractivity contribution in [2.45, 2.75) is 31.7 Å². The third kappa shape index (κ3) is 3.29. The first-order chi connectivity index (χ1) is 13.9. The molecule has 1 aliphatic heterocycles. The van der Waals surface area contributed by atoms with E-state index < -0.39 is 16.1 Å². The molecule has 0 aliphatic carbocycles. The van der Waals surface area contributed by atoms with E-state index in [0.29, 0.717) is 17.9 Å². The van der Waals surface area contributed by atoms with E-state index in [1.54, 1.807) is 36.4 Å². The molecule has 0 spiro atoms. The molecule has 1 aliphatic rings. The highest BCUT2D eigenvalue weighted by molar-refractivity contribution is 7.94. The molecule has 4 rings (SSSR count). The largest absolute Gasteiger partial charge is 0.343 e. The Labute approximate surface area is 171 Å². The normalized spacial score (nSPS) is 15.3. The molecule has 5 nitrogen and oxygen atoms in total. The van der Waals surface area contributed by atoms with Gasteiger partial charge in [0.05, 0.1) is 17.9 Å². The zero-order valence-electron chi connectivity index (χ0n) is 16.4. The number of hydrogen-bond acceptors (Lipinski definition) is 3. The highest BCUT2D eigenvalue weighted by Gasteiger charge is 2.42. The molecule has 29 heavy (non-hydrogen) atoms. The number of sulfonamides is 1. The Morgan fingerprint density at radius 3 is 2.21 bits per heavy atom. The summed E-state index contributed by atoms with van der Waals surface area (Å²) in [6.45, 7) is 4.30. The number of amides is 2. The van der Waals surface area contributed by atoms with Crippen LogP contribution in [0.5, 0.6) is 0 Å². The SMILES string of the molecule is CCc1ccc(N2C(=O)N(Cc3ccccc3C)c3ccccc3S2(=O)=O)cc1. The van der Waals surface area contributed by atoms with E-state index in [-0.39, 0.29) is 4.90 Å². The van der Waals surface area contributed by atoms with Crippen LogP contribution in [0.4, 0.5) is 16.2 Å². The summed E-state index contributed by atoms with van der Waals surface area (Å²) >= 11 is 0. The molecular weight excluding hydrogens is 384 g/mol. The fraction of sp³-hybridized carbons (Fsp3) is 0.174. The fourth-order valence-corrected chi connectivity index (χ4v) is 5.13. The second-order valence-electron chi connectivity index (χ2n) is 7.05. The number of nitrogens with zero attached hydrogens (tertiary/aromatic N) is 2. The predicted octanol–water partition coefficient (Wildman–Crippen LogP) is 4.89. The molecule has 0 N–H and O–H groups in total. The Morgan fingerprint density at radius 1 is 0.862 bits per heavy atom. The topological polar surface area (TPSA) is 57.7 Å². The van der Waals surface area contributed by atoms with Gasteiger partial charge in [-0.15, -0.1) is 0 Å². The van der Waals surface area contributed by atoms with Crippen LogP contribution in [0.2, 0.25) is 0 Å². The molecule has 0 bridgehead atoms.